The van der Waals surface area contributed by atoms with Crippen molar-refractivity contribution in [2.75, 3.05) is 0 Å². The molecule has 0 amide bonds. The van der Waals surface area contributed by atoms with Gasteiger partial charge in [0.2, 0.25) is 0 Å². The zero-order valence-corrected chi connectivity index (χ0v) is 9.49. The van der Waals surface area contributed by atoms with Crippen LogP contribution in [0.5, 0.6) is 0 Å². The summed E-state index contributed by atoms with van der Waals surface area (Å²) >= 11 is 0. The lowest BCUT2D eigenvalue weighted by atomic mass is 10.1. The van der Waals surface area contributed by atoms with Crippen LogP contribution < -0.4 is 0 Å². The van der Waals surface area contributed by atoms with E-state index in [1.165, 1.54) is 35.3 Å². The Labute approximate surface area is 95.7 Å². The summed E-state index contributed by atoms with van der Waals surface area (Å²) in [4.78, 5) is 0. The van der Waals surface area contributed by atoms with E-state index >= 15 is 0 Å². The zero-order chi connectivity index (χ0) is 11.0. The first kappa shape index (κ1) is 9.59. The van der Waals surface area contributed by atoms with Gasteiger partial charge in [0.15, 0.2) is 0 Å². The van der Waals surface area contributed by atoms with Crippen LogP contribution in [0.15, 0.2) is 40.8 Å². The molecule has 0 unspecified atom stereocenters. The number of hydrogen-bond donors (Lipinski definition) is 0. The highest BCUT2D eigenvalue weighted by Gasteiger charge is 2.24. The largest absolute Gasteiger partial charge is 0.360 e. The van der Waals surface area contributed by atoms with Crippen molar-refractivity contribution in [1.29, 1.82) is 0 Å². The quantitative estimate of drug-likeness (QED) is 0.648. The molecule has 1 heterocycles. The van der Waals surface area contributed by atoms with Gasteiger partial charge in [-0.05, 0) is 38.0 Å². The molecule has 0 bridgehead atoms. The Hall–Kier alpha value is -1.63. The number of aryl methyl sites for hydroxylation is 3. The third-order valence-corrected chi connectivity index (χ3v) is 3.21. The van der Waals surface area contributed by atoms with Crippen LogP contribution in [0.25, 0.3) is 11.3 Å². The van der Waals surface area contributed by atoms with E-state index in [2.05, 4.69) is 43.3 Å². The maximum atomic E-state index is 5.95. The van der Waals surface area contributed by atoms with Crippen molar-refractivity contribution in [3.63, 3.8) is 0 Å². The molecule has 0 fully saturated rings. The smallest absolute Gasteiger partial charge is 0.212 e. The number of fused-ring (bicyclic) bond motifs is 1. The van der Waals surface area contributed by atoms with E-state index in [-0.39, 0.29) is 0 Å². The molecule has 0 atom stereocenters. The van der Waals surface area contributed by atoms with Crippen molar-refractivity contribution in [3.05, 3.63) is 53.3 Å². The average molecular weight is 211 g/mol. The van der Waals surface area contributed by atoms with Crippen LogP contribution in [-0.2, 0) is 12.8 Å². The van der Waals surface area contributed by atoms with Crippen LogP contribution in [0, 0.1) is 6.92 Å². The second kappa shape index (κ2) is 3.75. The molecule has 0 saturated heterocycles. The summed E-state index contributed by atoms with van der Waals surface area (Å²) in [5, 5.41) is 0. The van der Waals surface area contributed by atoms with E-state index in [0.29, 0.717) is 0 Å². The normalized spacial score (nSPS) is 13.8. The molecule has 0 radical (unpaired) electrons. The Balaban J connectivity index is 2.03. The van der Waals surface area contributed by atoms with Gasteiger partial charge < -0.3 is 0 Å². The Morgan fingerprint density at radius 2 is 1.75 bits per heavy atom. The van der Waals surface area contributed by atoms with Crippen LogP contribution >= 0.6 is 0 Å². The summed E-state index contributed by atoms with van der Waals surface area (Å²) in [6.07, 6.45) is 3.50. The van der Waals surface area contributed by atoms with Crippen LogP contribution in [-0.4, -0.2) is 0 Å². The highest BCUT2D eigenvalue weighted by atomic mass is 16.3. The fourth-order valence-corrected chi connectivity index (χ4v) is 2.25. The predicted octanol–water partition coefficient (Wildman–Crippen LogP) is 4.02. The SMILES string of the molecule is Cc1ccc(-c2ccc3c([o+]2)CCC3)cc1. The highest BCUT2D eigenvalue weighted by Crippen LogP contribution is 2.28. The lowest BCUT2D eigenvalue weighted by molar-refractivity contribution is 0.514. The first-order valence-corrected chi connectivity index (χ1v) is 5.85. The Bertz CT molecular complexity index is 511. The molecule has 80 valence electrons. The lowest BCUT2D eigenvalue weighted by Gasteiger charge is -1.94. The van der Waals surface area contributed by atoms with E-state index < -0.39 is 0 Å². The predicted molar refractivity (Wildman–Crippen MR) is 65.3 cm³/mol. The number of hydrogen-bond acceptors (Lipinski definition) is 0. The van der Waals surface area contributed by atoms with Crippen LogP contribution in [0.4, 0.5) is 0 Å². The van der Waals surface area contributed by atoms with Crippen LogP contribution in [0.2, 0.25) is 0 Å². The minimum Gasteiger partial charge on any atom is -0.212 e. The van der Waals surface area contributed by atoms with Gasteiger partial charge in [-0.25, -0.2) is 4.42 Å². The van der Waals surface area contributed by atoms with E-state index in [1.54, 1.807) is 0 Å². The molecule has 1 aromatic carbocycles. The van der Waals surface area contributed by atoms with Crippen molar-refractivity contribution >= 4 is 0 Å². The van der Waals surface area contributed by atoms with Gasteiger partial charge in [0.05, 0.1) is 17.5 Å². The molecule has 0 saturated carbocycles. The molecule has 0 aliphatic heterocycles. The summed E-state index contributed by atoms with van der Waals surface area (Å²) in [5.74, 6) is 2.17. The molecule has 1 aliphatic rings. The monoisotopic (exact) mass is 211 g/mol. The zero-order valence-electron chi connectivity index (χ0n) is 9.49. The molecular weight excluding hydrogens is 196 g/mol. The fraction of sp³-hybridized carbons (Fsp3) is 0.267. The number of rotatable bonds is 1. The third kappa shape index (κ3) is 1.63. The van der Waals surface area contributed by atoms with Crippen molar-refractivity contribution in [1.82, 2.24) is 0 Å². The molecule has 16 heavy (non-hydrogen) atoms. The van der Waals surface area contributed by atoms with E-state index in [9.17, 15) is 0 Å². The first-order valence-electron chi connectivity index (χ1n) is 5.85. The summed E-state index contributed by atoms with van der Waals surface area (Å²) in [6, 6.07) is 12.8. The second-order valence-electron chi connectivity index (χ2n) is 4.47. The molecule has 0 N–H and O–H groups in total. The van der Waals surface area contributed by atoms with Gasteiger partial charge in [0.1, 0.15) is 0 Å². The fourth-order valence-electron chi connectivity index (χ4n) is 2.25. The summed E-state index contributed by atoms with van der Waals surface area (Å²) in [5.41, 5.74) is 3.83. The van der Waals surface area contributed by atoms with Crippen molar-refractivity contribution < 1.29 is 4.42 Å². The molecule has 3 rings (SSSR count). The summed E-state index contributed by atoms with van der Waals surface area (Å²) in [6.45, 7) is 2.10. The van der Waals surface area contributed by atoms with Crippen LogP contribution in [0.3, 0.4) is 0 Å². The molecule has 1 aromatic heterocycles. The highest BCUT2D eigenvalue weighted by molar-refractivity contribution is 5.58. The van der Waals surface area contributed by atoms with Gasteiger partial charge in [-0.2, -0.15) is 0 Å². The molecule has 2 aromatic rings. The van der Waals surface area contributed by atoms with E-state index in [1.807, 2.05) is 0 Å². The van der Waals surface area contributed by atoms with Crippen molar-refractivity contribution in [2.24, 2.45) is 0 Å². The molecule has 1 heteroatoms. The van der Waals surface area contributed by atoms with E-state index in [0.717, 1.165) is 12.2 Å². The van der Waals surface area contributed by atoms with Gasteiger partial charge in [-0.15, -0.1) is 0 Å². The summed E-state index contributed by atoms with van der Waals surface area (Å²) < 4.78 is 5.95. The minimum absolute atomic E-state index is 0.987. The van der Waals surface area contributed by atoms with Gasteiger partial charge in [0, 0.05) is 6.07 Å². The van der Waals surface area contributed by atoms with Crippen molar-refractivity contribution in [3.8, 4) is 11.3 Å². The van der Waals surface area contributed by atoms with Gasteiger partial charge in [0.25, 0.3) is 0 Å². The van der Waals surface area contributed by atoms with Crippen molar-refractivity contribution in [2.45, 2.75) is 26.2 Å². The first-order chi connectivity index (χ1) is 7.83. The topological polar surface area (TPSA) is 11.3 Å². The molecule has 1 aliphatic carbocycles. The van der Waals surface area contributed by atoms with Gasteiger partial charge in [-0.1, -0.05) is 17.7 Å². The van der Waals surface area contributed by atoms with Gasteiger partial charge >= 0.3 is 11.5 Å². The van der Waals surface area contributed by atoms with Gasteiger partial charge in [-0.3, -0.25) is 0 Å². The molecule has 1 nitrogen and oxygen atoms in total. The Morgan fingerprint density at radius 1 is 0.938 bits per heavy atom. The minimum atomic E-state index is 0.987. The molecular formula is C15H15O+. The third-order valence-electron chi connectivity index (χ3n) is 3.21. The number of benzene rings is 1. The standard InChI is InChI=1S/C15H15O/c1-11-5-7-13(8-6-11)15-10-9-12-3-2-4-14(12)16-15/h5-10H,2-4H2,1H3/q+1. The average Bonchev–Trinajstić information content (AvgIpc) is 2.77. The van der Waals surface area contributed by atoms with Crippen LogP contribution in [0.1, 0.15) is 23.3 Å². The lowest BCUT2D eigenvalue weighted by Crippen LogP contribution is -1.84. The second-order valence-corrected chi connectivity index (χ2v) is 4.47. The molecule has 0 spiro atoms. The summed E-state index contributed by atoms with van der Waals surface area (Å²) in [7, 11) is 0. The Kier molecular flexibility index (Phi) is 2.24. The maximum absolute atomic E-state index is 5.95. The van der Waals surface area contributed by atoms with E-state index in [4.69, 9.17) is 4.42 Å². The maximum Gasteiger partial charge on any atom is 0.360 e. The Morgan fingerprint density at radius 3 is 2.56 bits per heavy atom.